The Bertz CT molecular complexity index is 1230. The largest absolute Gasteiger partial charge is 0.445 e. The van der Waals surface area contributed by atoms with Gasteiger partial charge in [0.15, 0.2) is 5.17 Å². The lowest BCUT2D eigenvalue weighted by atomic mass is 9.64. The van der Waals surface area contributed by atoms with E-state index in [9.17, 15) is 17.6 Å². The average molecular weight is 512 g/mol. The van der Waals surface area contributed by atoms with Crippen LogP contribution in [0.4, 0.5) is 14.5 Å². The quantitative estimate of drug-likeness (QED) is 0.625. The number of nitrogens with zero attached hydrogens (tertiary/aromatic N) is 3. The molecule has 0 unspecified atom stereocenters. The molecule has 1 fully saturated rings. The fraction of sp³-hybridized carbons (Fsp3) is 0.429. The van der Waals surface area contributed by atoms with Crippen molar-refractivity contribution in [2.24, 2.45) is 16.1 Å². The molecule has 9 nitrogen and oxygen atoms in total. The van der Waals surface area contributed by atoms with Crippen molar-refractivity contribution >= 4 is 38.4 Å². The van der Waals surface area contributed by atoms with E-state index >= 15 is 4.39 Å². The Morgan fingerprint density at radius 1 is 1.26 bits per heavy atom. The first kappa shape index (κ1) is 24.3. The monoisotopic (exact) mass is 511 g/mol. The maximum atomic E-state index is 15.2. The maximum Gasteiger partial charge on any atom is 0.275 e. The first-order valence-electron chi connectivity index (χ1n) is 10.4. The van der Waals surface area contributed by atoms with Crippen molar-refractivity contribution in [1.29, 1.82) is 0 Å². The van der Waals surface area contributed by atoms with Gasteiger partial charge in [-0.1, -0.05) is 11.8 Å². The number of aromatic nitrogens is 2. The predicted molar refractivity (Wildman–Crippen MR) is 125 cm³/mol. The van der Waals surface area contributed by atoms with Gasteiger partial charge in [-0.2, -0.15) is 0 Å². The number of nitrogens with one attached hydrogen (secondary N) is 1. The van der Waals surface area contributed by atoms with Gasteiger partial charge in [0.2, 0.25) is 12.7 Å². The van der Waals surface area contributed by atoms with Gasteiger partial charge in [-0.15, -0.1) is 0 Å². The third-order valence-corrected chi connectivity index (χ3v) is 9.19. The predicted octanol–water partition coefficient (Wildman–Crippen LogP) is 2.65. The number of carbonyl (C=O) groups is 1. The van der Waals surface area contributed by atoms with E-state index in [0.29, 0.717) is 29.4 Å². The number of amidine groups is 1. The third kappa shape index (κ3) is 4.58. The number of hydrogen-bond acceptors (Lipinski definition) is 9. The van der Waals surface area contributed by atoms with Crippen LogP contribution in [0.1, 0.15) is 35.8 Å². The lowest BCUT2D eigenvalue weighted by Crippen LogP contribution is -2.52. The molecule has 0 radical (unpaired) electrons. The molecule has 3 N–H and O–H groups in total. The van der Waals surface area contributed by atoms with E-state index in [-0.39, 0.29) is 28.6 Å². The zero-order chi connectivity index (χ0) is 24.6. The van der Waals surface area contributed by atoms with Gasteiger partial charge in [-0.05, 0) is 38.0 Å². The van der Waals surface area contributed by atoms with Crippen molar-refractivity contribution in [2.45, 2.75) is 25.3 Å². The summed E-state index contributed by atoms with van der Waals surface area (Å²) in [6, 6.07) is 4.11. The molecule has 3 heterocycles. The van der Waals surface area contributed by atoms with E-state index in [4.69, 9.17) is 5.73 Å². The number of rotatable bonds is 5. The van der Waals surface area contributed by atoms with Crippen molar-refractivity contribution in [3.05, 3.63) is 47.7 Å². The summed E-state index contributed by atoms with van der Waals surface area (Å²) >= 11 is 1.33. The highest BCUT2D eigenvalue weighted by Crippen LogP contribution is 2.55. The molecule has 13 heteroatoms. The van der Waals surface area contributed by atoms with E-state index in [1.165, 1.54) is 30.0 Å². The van der Waals surface area contributed by atoms with Crippen LogP contribution >= 0.6 is 11.8 Å². The van der Waals surface area contributed by atoms with Gasteiger partial charge < -0.3 is 15.8 Å². The molecular formula is C21H23F2N5O4S2. The lowest BCUT2D eigenvalue weighted by Gasteiger charge is -2.51. The van der Waals surface area contributed by atoms with Crippen molar-refractivity contribution in [1.82, 2.24) is 9.97 Å². The number of carbonyl (C=O) groups excluding carboxylic acids is 1. The molecule has 1 aromatic heterocycles. The van der Waals surface area contributed by atoms with Crippen molar-refractivity contribution in [3.8, 4) is 5.88 Å². The molecule has 1 atom stereocenters. The average Bonchev–Trinajstić information content (AvgIpc) is 2.80. The summed E-state index contributed by atoms with van der Waals surface area (Å²) in [7, 11) is -3.16. The molecule has 182 valence electrons. The molecule has 4 rings (SSSR count). The number of hydrogen-bond donors (Lipinski definition) is 2. The van der Waals surface area contributed by atoms with Gasteiger partial charge in [0.05, 0.1) is 29.4 Å². The number of halogens is 2. The topological polar surface area (TPSA) is 137 Å². The second-order valence-corrected chi connectivity index (χ2v) is 11.7. The van der Waals surface area contributed by atoms with Gasteiger partial charge in [-0.3, -0.25) is 9.79 Å². The van der Waals surface area contributed by atoms with Crippen LogP contribution in [0.2, 0.25) is 0 Å². The molecule has 1 amide bonds. The Morgan fingerprint density at radius 2 is 2.00 bits per heavy atom. The van der Waals surface area contributed by atoms with Gasteiger partial charge in [-0.25, -0.2) is 27.2 Å². The minimum absolute atomic E-state index is 0.00257. The molecule has 1 aromatic carbocycles. The zero-order valence-corrected chi connectivity index (χ0v) is 19.9. The van der Waals surface area contributed by atoms with Crippen molar-refractivity contribution in [3.63, 3.8) is 0 Å². The van der Waals surface area contributed by atoms with Crippen molar-refractivity contribution in [2.75, 3.05) is 29.4 Å². The fourth-order valence-electron chi connectivity index (χ4n) is 4.36. The SMILES string of the molecule is C[C@]1(c2cc(NC(=O)c3cnc(OCF)cn3)ccc2F)N=C(N)SCC12CCS(=O)(=O)CC2. The third-order valence-electron chi connectivity index (χ3n) is 6.46. The standard InChI is InChI=1S/C21H23F2N5O4S2/c1-20(21(11-33-19(24)28-20)4-6-34(30,31)7-5-21)14-8-13(2-3-15(14)23)27-18(29)16-9-26-17(10-25-16)32-12-22/h2-3,8-10H,4-7,11-12H2,1H3,(H2,24,28)(H,27,29)/t20-/m1/s1. The Kier molecular flexibility index (Phi) is 6.51. The molecule has 0 aliphatic carbocycles. The first-order chi connectivity index (χ1) is 16.1. The normalized spacial score (nSPS) is 23.2. The van der Waals surface area contributed by atoms with E-state index in [1.54, 1.807) is 6.92 Å². The van der Waals surface area contributed by atoms with Crippen LogP contribution in [0.15, 0.2) is 35.6 Å². The van der Waals surface area contributed by atoms with Crippen LogP contribution in [-0.4, -0.2) is 53.6 Å². The number of aliphatic imine (C=N–C) groups is 1. The number of nitrogens with two attached hydrogens (primary N) is 1. The number of alkyl halides is 1. The molecule has 0 bridgehead atoms. The van der Waals surface area contributed by atoms with Gasteiger partial charge >= 0.3 is 0 Å². The highest BCUT2D eigenvalue weighted by atomic mass is 32.2. The molecule has 1 spiro atoms. The summed E-state index contributed by atoms with van der Waals surface area (Å²) in [6.07, 6.45) is 2.90. The van der Waals surface area contributed by atoms with Gasteiger partial charge in [0.1, 0.15) is 21.3 Å². The summed E-state index contributed by atoms with van der Waals surface area (Å²) in [4.78, 5) is 24.9. The highest BCUT2D eigenvalue weighted by Gasteiger charge is 2.54. The number of thioether (sulfide) groups is 1. The van der Waals surface area contributed by atoms with E-state index in [2.05, 4.69) is 25.0 Å². The molecule has 1 saturated heterocycles. The number of anilines is 1. The maximum absolute atomic E-state index is 15.2. The van der Waals surface area contributed by atoms with Crippen molar-refractivity contribution < 1.29 is 26.7 Å². The number of amides is 1. The molecule has 2 aliphatic heterocycles. The number of benzene rings is 1. The smallest absolute Gasteiger partial charge is 0.275 e. The van der Waals surface area contributed by atoms with Gasteiger partial charge in [0.25, 0.3) is 5.91 Å². The Morgan fingerprint density at radius 3 is 2.65 bits per heavy atom. The van der Waals surface area contributed by atoms with E-state index in [0.717, 1.165) is 12.4 Å². The Labute approximate surface area is 199 Å². The van der Waals surface area contributed by atoms with Crippen LogP contribution in [0.5, 0.6) is 5.88 Å². The Hall–Kier alpha value is -2.80. The summed E-state index contributed by atoms with van der Waals surface area (Å²) < 4.78 is 56.2. The number of ether oxygens (including phenoxy) is 1. The number of sulfone groups is 1. The summed E-state index contributed by atoms with van der Waals surface area (Å²) in [5.41, 5.74) is 4.73. The molecule has 2 aliphatic rings. The molecule has 2 aromatic rings. The molecule has 34 heavy (non-hydrogen) atoms. The highest BCUT2D eigenvalue weighted by molar-refractivity contribution is 8.13. The fourth-order valence-corrected chi connectivity index (χ4v) is 7.21. The van der Waals surface area contributed by atoms with Crippen LogP contribution < -0.4 is 15.8 Å². The van der Waals surface area contributed by atoms with E-state index < -0.39 is 39.4 Å². The second kappa shape index (κ2) is 9.10. The van der Waals surface area contributed by atoms with Crippen LogP contribution in [-0.2, 0) is 15.4 Å². The minimum Gasteiger partial charge on any atom is -0.445 e. The van der Waals surface area contributed by atoms with Crippen LogP contribution in [0.25, 0.3) is 0 Å². The molecular weight excluding hydrogens is 488 g/mol. The Balaban J connectivity index is 1.66. The van der Waals surface area contributed by atoms with E-state index in [1.807, 2.05) is 0 Å². The van der Waals surface area contributed by atoms with Crippen LogP contribution in [0.3, 0.4) is 0 Å². The summed E-state index contributed by atoms with van der Waals surface area (Å²) in [6.45, 7) is 0.687. The first-order valence-corrected chi connectivity index (χ1v) is 13.2. The second-order valence-electron chi connectivity index (χ2n) is 8.39. The molecule has 0 saturated carbocycles. The summed E-state index contributed by atoms with van der Waals surface area (Å²) in [5, 5.41) is 2.94. The van der Waals surface area contributed by atoms with Gasteiger partial charge in [0, 0.05) is 22.4 Å². The zero-order valence-electron chi connectivity index (χ0n) is 18.3. The van der Waals surface area contributed by atoms with Crippen LogP contribution in [0, 0.1) is 11.2 Å². The minimum atomic E-state index is -3.16. The summed E-state index contributed by atoms with van der Waals surface area (Å²) in [5.74, 6) is -0.712. The lowest BCUT2D eigenvalue weighted by molar-refractivity contribution is 0.102.